The molecule has 1 unspecified atom stereocenters. The van der Waals surface area contributed by atoms with E-state index in [9.17, 15) is 9.59 Å². The fraction of sp³-hybridized carbons (Fsp3) is 0.738. The maximum Gasteiger partial charge on any atom is 0.306 e. The minimum absolute atomic E-state index is 0.0638. The van der Waals surface area contributed by atoms with Crippen molar-refractivity contribution in [2.45, 2.75) is 271 Å². The summed E-state index contributed by atoms with van der Waals surface area (Å²) in [4.78, 5) is 25.5. The van der Waals surface area contributed by atoms with E-state index in [2.05, 4.69) is 106 Å². The molecule has 0 aromatic carbocycles. The predicted octanol–water partition coefficient (Wildman–Crippen LogP) is 19.2. The van der Waals surface area contributed by atoms with Gasteiger partial charge in [0, 0.05) is 19.4 Å². The van der Waals surface area contributed by atoms with E-state index in [1.807, 2.05) is 0 Å². The first kappa shape index (κ1) is 63.1. The Morgan fingerprint density at radius 2 is 0.682 bits per heavy atom. The van der Waals surface area contributed by atoms with E-state index in [4.69, 9.17) is 14.2 Å². The minimum atomic E-state index is -0.562. The van der Waals surface area contributed by atoms with E-state index in [1.54, 1.807) is 0 Å². The summed E-state index contributed by atoms with van der Waals surface area (Å²) in [5.41, 5.74) is 0. The fourth-order valence-electron chi connectivity index (χ4n) is 7.70. The molecule has 380 valence electrons. The number of allylic oxidation sites excluding steroid dienone is 14. The van der Waals surface area contributed by atoms with Crippen LogP contribution in [0, 0.1) is 0 Å². The van der Waals surface area contributed by atoms with Crippen LogP contribution in [0.5, 0.6) is 0 Å². The van der Waals surface area contributed by atoms with Gasteiger partial charge in [0.2, 0.25) is 0 Å². The summed E-state index contributed by atoms with van der Waals surface area (Å²) >= 11 is 0. The molecule has 0 saturated carbocycles. The molecule has 0 aromatic heterocycles. The number of ether oxygens (including phenoxy) is 3. The van der Waals surface area contributed by atoms with Crippen molar-refractivity contribution >= 4 is 11.9 Å². The second-order valence-corrected chi connectivity index (χ2v) is 18.4. The van der Waals surface area contributed by atoms with Gasteiger partial charge in [-0.05, 0) is 116 Å². The lowest BCUT2D eigenvalue weighted by Gasteiger charge is -2.18. The molecule has 0 N–H and O–H groups in total. The molecule has 0 amide bonds. The molecule has 5 nitrogen and oxygen atoms in total. The highest BCUT2D eigenvalue weighted by atomic mass is 16.6. The van der Waals surface area contributed by atoms with Crippen LogP contribution in [-0.4, -0.2) is 37.9 Å². The number of hydrogen-bond donors (Lipinski definition) is 0. The van der Waals surface area contributed by atoms with Crippen LogP contribution in [0.15, 0.2) is 85.1 Å². The zero-order valence-electron chi connectivity index (χ0n) is 43.7. The van der Waals surface area contributed by atoms with Crippen molar-refractivity contribution in [1.29, 1.82) is 0 Å². The first-order valence-electron chi connectivity index (χ1n) is 28.1. The summed E-state index contributed by atoms with van der Waals surface area (Å²) in [6, 6.07) is 0. The minimum Gasteiger partial charge on any atom is -0.462 e. The second kappa shape index (κ2) is 56.4. The Kier molecular flexibility index (Phi) is 53.9. The molecular formula is C61H106O5. The van der Waals surface area contributed by atoms with Crippen LogP contribution >= 0.6 is 0 Å². The van der Waals surface area contributed by atoms with Crippen LogP contribution in [0.4, 0.5) is 0 Å². The molecule has 0 spiro atoms. The highest BCUT2D eigenvalue weighted by Gasteiger charge is 2.17. The lowest BCUT2D eigenvalue weighted by molar-refractivity contribution is -0.163. The van der Waals surface area contributed by atoms with Crippen molar-refractivity contribution in [3.8, 4) is 0 Å². The van der Waals surface area contributed by atoms with Crippen molar-refractivity contribution < 1.29 is 23.8 Å². The predicted molar refractivity (Wildman–Crippen MR) is 288 cm³/mol. The quantitative estimate of drug-likeness (QED) is 0.0346. The summed E-state index contributed by atoms with van der Waals surface area (Å²) in [5, 5.41) is 0. The number of hydrogen-bond acceptors (Lipinski definition) is 5. The summed E-state index contributed by atoms with van der Waals surface area (Å²) < 4.78 is 17.4. The Bertz CT molecular complexity index is 1220. The second-order valence-electron chi connectivity index (χ2n) is 18.4. The number of esters is 2. The van der Waals surface area contributed by atoms with Crippen LogP contribution in [0.25, 0.3) is 0 Å². The van der Waals surface area contributed by atoms with Gasteiger partial charge in [-0.3, -0.25) is 9.59 Å². The summed E-state index contributed by atoms with van der Waals surface area (Å²) in [5.74, 6) is -0.426. The van der Waals surface area contributed by atoms with Crippen LogP contribution in [-0.2, 0) is 23.8 Å². The van der Waals surface area contributed by atoms with Gasteiger partial charge in [-0.1, -0.05) is 221 Å². The van der Waals surface area contributed by atoms with Crippen molar-refractivity contribution in [1.82, 2.24) is 0 Å². The number of carbonyl (C=O) groups is 2. The van der Waals surface area contributed by atoms with Crippen molar-refractivity contribution in [3.05, 3.63) is 85.1 Å². The van der Waals surface area contributed by atoms with E-state index in [1.165, 1.54) is 135 Å². The van der Waals surface area contributed by atoms with E-state index < -0.39 is 6.10 Å². The summed E-state index contributed by atoms with van der Waals surface area (Å²) in [6.07, 6.45) is 74.5. The molecule has 0 saturated heterocycles. The molecule has 0 aliphatic carbocycles. The topological polar surface area (TPSA) is 61.8 Å². The van der Waals surface area contributed by atoms with Gasteiger partial charge in [-0.2, -0.15) is 0 Å². The third-order valence-corrected chi connectivity index (χ3v) is 11.9. The highest BCUT2D eigenvalue weighted by molar-refractivity contribution is 5.70. The molecule has 0 aromatic rings. The molecule has 1 atom stereocenters. The maximum absolute atomic E-state index is 12.9. The maximum atomic E-state index is 12.9. The van der Waals surface area contributed by atoms with Gasteiger partial charge in [0.1, 0.15) is 6.61 Å². The van der Waals surface area contributed by atoms with Crippen molar-refractivity contribution in [3.63, 3.8) is 0 Å². The first-order valence-corrected chi connectivity index (χ1v) is 28.1. The summed E-state index contributed by atoms with van der Waals surface area (Å²) in [7, 11) is 0. The van der Waals surface area contributed by atoms with Gasteiger partial charge in [-0.25, -0.2) is 0 Å². The highest BCUT2D eigenvalue weighted by Crippen LogP contribution is 2.14. The van der Waals surface area contributed by atoms with Crippen molar-refractivity contribution in [2.24, 2.45) is 0 Å². The Morgan fingerprint density at radius 3 is 1.14 bits per heavy atom. The van der Waals surface area contributed by atoms with E-state index in [-0.39, 0.29) is 25.2 Å². The Labute approximate surface area is 409 Å². The van der Waals surface area contributed by atoms with Gasteiger partial charge in [0.15, 0.2) is 6.10 Å². The molecule has 0 radical (unpaired) electrons. The number of carbonyl (C=O) groups excluding carboxylic acids is 2. The van der Waals surface area contributed by atoms with Gasteiger partial charge >= 0.3 is 11.9 Å². The largest absolute Gasteiger partial charge is 0.462 e. The smallest absolute Gasteiger partial charge is 0.306 e. The Morgan fingerprint density at radius 1 is 0.348 bits per heavy atom. The van der Waals surface area contributed by atoms with Crippen LogP contribution < -0.4 is 0 Å². The van der Waals surface area contributed by atoms with Crippen molar-refractivity contribution in [2.75, 3.05) is 19.8 Å². The van der Waals surface area contributed by atoms with Gasteiger partial charge in [0.25, 0.3) is 0 Å². The fourth-order valence-corrected chi connectivity index (χ4v) is 7.70. The molecule has 66 heavy (non-hydrogen) atoms. The van der Waals surface area contributed by atoms with Gasteiger partial charge in [-0.15, -0.1) is 0 Å². The van der Waals surface area contributed by atoms with Crippen LogP contribution in [0.2, 0.25) is 0 Å². The van der Waals surface area contributed by atoms with Crippen LogP contribution in [0.3, 0.4) is 0 Å². The molecule has 0 aliphatic rings. The Balaban J connectivity index is 4.35. The zero-order valence-corrected chi connectivity index (χ0v) is 43.7. The van der Waals surface area contributed by atoms with Gasteiger partial charge in [0.05, 0.1) is 6.61 Å². The third-order valence-electron chi connectivity index (χ3n) is 11.9. The van der Waals surface area contributed by atoms with E-state index in [0.717, 1.165) is 96.3 Å². The average molecular weight is 920 g/mol. The van der Waals surface area contributed by atoms with E-state index in [0.29, 0.717) is 19.4 Å². The molecule has 0 aliphatic heterocycles. The number of rotatable bonds is 51. The molecule has 0 bridgehead atoms. The average Bonchev–Trinajstić information content (AvgIpc) is 3.32. The first-order chi connectivity index (χ1) is 32.6. The third kappa shape index (κ3) is 53.7. The van der Waals surface area contributed by atoms with Gasteiger partial charge < -0.3 is 14.2 Å². The lowest BCUT2D eigenvalue weighted by atomic mass is 10.1. The van der Waals surface area contributed by atoms with E-state index >= 15 is 0 Å². The molecule has 0 heterocycles. The summed E-state index contributed by atoms with van der Waals surface area (Å²) in [6.45, 7) is 7.62. The van der Waals surface area contributed by atoms with Crippen LogP contribution in [0.1, 0.15) is 265 Å². The normalized spacial score (nSPS) is 12.8. The SMILES string of the molecule is CC/C=C\C/C=C\C/C=C\C/C=C\CCCCCOCC(COC(=O)CCCCCCCCC/C=C\C/C=C\CCCCC)OC(=O)CCCCCCCCC/C=C\CCCCCCCC. The Hall–Kier alpha value is -2.92. The molecule has 5 heteroatoms. The molecule has 0 fully saturated rings. The molecule has 0 rings (SSSR count). The molecular weight excluding hydrogens is 813 g/mol. The number of unbranched alkanes of at least 4 members (excludes halogenated alkanes) is 26. The monoisotopic (exact) mass is 919 g/mol. The standard InChI is InChI=1S/C61H106O5/c1-4-7-10-13-16-19-22-25-28-31-33-36-39-42-45-48-51-54-60(62)65-58-59(57-64-56-53-50-47-44-41-38-35-30-27-24-21-18-15-12-9-6-3)66-61(63)55-52-49-46-43-40-37-34-32-29-26-23-20-17-14-11-8-5-2/h9,12,16,18-19,21,25-30,38,41,59H,4-8,10-11,13-15,17,20,22-24,31-37,39-40,42-58H2,1-3H3/b12-9-,19-16-,21-18-,28-25-,29-26-,30-27-,41-38-. The zero-order chi connectivity index (χ0) is 47.7. The lowest BCUT2D eigenvalue weighted by Crippen LogP contribution is -2.30.